The third-order valence-electron chi connectivity index (χ3n) is 10.6. The number of rotatable bonds is 20. The highest BCUT2D eigenvalue weighted by Gasteiger charge is 2.27. The Labute approximate surface area is 358 Å². The van der Waals surface area contributed by atoms with Crippen LogP contribution >= 0.6 is 0 Å². The minimum atomic E-state index is -2.96. The Bertz CT molecular complexity index is 1340. The fourth-order valence-electron chi connectivity index (χ4n) is 4.86. The molecule has 0 bridgehead atoms. The molecule has 0 spiro atoms. The number of unbranched alkanes of at least 4 members (excludes halogenated alkanes) is 2. The molecule has 3 atom stereocenters. The quantitative estimate of drug-likeness (QED) is 0.0884. The lowest BCUT2D eigenvalue weighted by Gasteiger charge is -2.26. The van der Waals surface area contributed by atoms with Crippen molar-refractivity contribution in [3.8, 4) is 0 Å². The molecule has 10 heteroatoms. The Morgan fingerprint density at radius 2 is 0.807 bits per heavy atom. The van der Waals surface area contributed by atoms with Crippen LogP contribution in [-0.2, 0) is 34.2 Å². The van der Waals surface area contributed by atoms with Gasteiger partial charge in [0.1, 0.15) is 0 Å². The van der Waals surface area contributed by atoms with Crippen molar-refractivity contribution in [3.63, 3.8) is 0 Å². The summed E-state index contributed by atoms with van der Waals surface area (Å²) in [6, 6.07) is 0. The van der Waals surface area contributed by atoms with E-state index < -0.39 is 29.5 Å². The zero-order valence-corrected chi connectivity index (χ0v) is 44.0. The minimum absolute atomic E-state index is 0.0375. The summed E-state index contributed by atoms with van der Waals surface area (Å²) < 4.78 is 77.6. The molecule has 57 heavy (non-hydrogen) atoms. The molecule has 0 aromatic heterocycles. The van der Waals surface area contributed by atoms with E-state index in [1.54, 1.807) is 0 Å². The van der Waals surface area contributed by atoms with Gasteiger partial charge in [-0.3, -0.25) is 0 Å². The van der Waals surface area contributed by atoms with Gasteiger partial charge in [-0.25, -0.2) is 25.3 Å². The molecule has 0 heterocycles. The average Bonchev–Trinajstić information content (AvgIpc) is 2.93. The van der Waals surface area contributed by atoms with E-state index in [-0.39, 0.29) is 62.1 Å². The molecular formula is C47H98O7S3. The van der Waals surface area contributed by atoms with Crippen LogP contribution in [0.15, 0.2) is 12.2 Å². The maximum absolute atomic E-state index is 12.0. The van der Waals surface area contributed by atoms with Gasteiger partial charge < -0.3 is 4.74 Å². The second-order valence-electron chi connectivity index (χ2n) is 24.0. The van der Waals surface area contributed by atoms with Crippen LogP contribution in [0.2, 0.25) is 0 Å². The van der Waals surface area contributed by atoms with Crippen molar-refractivity contribution in [2.24, 2.45) is 50.2 Å². The van der Waals surface area contributed by atoms with E-state index in [9.17, 15) is 25.3 Å². The predicted molar refractivity (Wildman–Crippen MR) is 252 cm³/mol. The number of hydrogen-bond acceptors (Lipinski definition) is 7. The van der Waals surface area contributed by atoms with Crippen LogP contribution in [0.3, 0.4) is 0 Å². The van der Waals surface area contributed by atoms with Crippen molar-refractivity contribution in [2.75, 3.05) is 47.7 Å². The summed E-state index contributed by atoms with van der Waals surface area (Å²) in [5, 5.41) is 0. The summed E-state index contributed by atoms with van der Waals surface area (Å²) in [6.45, 7) is 45.7. The lowest BCUT2D eigenvalue weighted by atomic mass is 9.83. The number of allylic oxidation sites excluding steroid dienone is 2. The summed E-state index contributed by atoms with van der Waals surface area (Å²) in [4.78, 5) is 0. The largest absolute Gasteiger partial charge is 0.381 e. The summed E-state index contributed by atoms with van der Waals surface area (Å²) in [7, 11) is -8.77. The first-order chi connectivity index (χ1) is 25.0. The zero-order chi connectivity index (χ0) is 46.0. The smallest absolute Gasteiger partial charge is 0.150 e. The van der Waals surface area contributed by atoms with Gasteiger partial charge in [-0.1, -0.05) is 170 Å². The lowest BCUT2D eigenvalue weighted by molar-refractivity contribution is 0.0720. The van der Waals surface area contributed by atoms with Gasteiger partial charge in [0.05, 0.1) is 41.1 Å². The van der Waals surface area contributed by atoms with Crippen molar-refractivity contribution in [1.82, 2.24) is 0 Å². The fourth-order valence-corrected chi connectivity index (χ4v) is 10.8. The van der Waals surface area contributed by atoms with Crippen molar-refractivity contribution < 1.29 is 30.0 Å². The van der Waals surface area contributed by atoms with Gasteiger partial charge in [-0.05, 0) is 82.3 Å². The highest BCUT2D eigenvalue weighted by atomic mass is 32.2. The first kappa shape index (κ1) is 60.9. The molecule has 7 nitrogen and oxygen atoms in total. The van der Waals surface area contributed by atoms with Crippen molar-refractivity contribution >= 4 is 29.5 Å². The second kappa shape index (κ2) is 25.5. The second-order valence-corrected chi connectivity index (χ2v) is 30.7. The molecule has 0 unspecified atom stereocenters. The fraction of sp³-hybridized carbons (Fsp3) is 0.957. The Morgan fingerprint density at radius 3 is 1.14 bits per heavy atom. The maximum atomic E-state index is 12.0. The van der Waals surface area contributed by atoms with Crippen molar-refractivity contribution in [1.29, 1.82) is 0 Å². The van der Waals surface area contributed by atoms with Crippen LogP contribution in [-0.4, -0.2) is 73.0 Å². The highest BCUT2D eigenvalue weighted by molar-refractivity contribution is 7.91. The molecule has 0 amide bonds. The molecule has 0 radical (unpaired) electrons. The summed E-state index contributed by atoms with van der Waals surface area (Å²) in [6.07, 6.45) is 10.5. The molecule has 346 valence electrons. The third-order valence-corrected chi connectivity index (χ3v) is 16.3. The summed E-state index contributed by atoms with van der Waals surface area (Å²) in [5.74, 6) is 2.34. The SMILES string of the molecule is C[C@@H](CS(=O)(=O)CC/C=C/CC(C)(C)C)C(C)(C)C.C[C@@H](CS(=O)(=O)CCCCCC(C)(C)C)C(C)(C)C.C[C@@H](CS(=O)(=O)CCCOCC(C)(C)C)C(C)(C)C. The molecule has 0 aromatic rings. The van der Waals surface area contributed by atoms with Crippen LogP contribution in [0.25, 0.3) is 0 Å². The predicted octanol–water partition coefficient (Wildman–Crippen LogP) is 12.7. The van der Waals surface area contributed by atoms with E-state index >= 15 is 0 Å². The van der Waals surface area contributed by atoms with Crippen LogP contribution < -0.4 is 0 Å². The van der Waals surface area contributed by atoms with E-state index in [0.29, 0.717) is 48.7 Å². The Morgan fingerprint density at radius 1 is 0.439 bits per heavy atom. The molecule has 0 aliphatic carbocycles. The van der Waals surface area contributed by atoms with E-state index in [4.69, 9.17) is 4.74 Å². The lowest BCUT2D eigenvalue weighted by Crippen LogP contribution is -2.27. The molecule has 0 N–H and O–H groups in total. The maximum Gasteiger partial charge on any atom is 0.150 e. The molecule has 0 fully saturated rings. The van der Waals surface area contributed by atoms with Gasteiger partial charge >= 0.3 is 0 Å². The van der Waals surface area contributed by atoms with E-state index in [1.165, 1.54) is 6.42 Å². The molecule has 0 rings (SSSR count). The standard InChI is InChI=1S/C16H34O2S.C16H32O2S.C15H32O3S/c2*1-14(16(5,6)7)13-19(17,18)12-10-8-9-11-15(2,3)4;1-13(15(5,6)7)11-19(16,17)10-8-9-18-12-14(2,3)4/h14H,8-13H2,1-7H3;8-9,14H,10-13H2,1-7H3;13H,8-12H2,1-7H3/b;9-8+;/t2*14-;13-/m000/s1. The van der Waals surface area contributed by atoms with Gasteiger partial charge in [0.15, 0.2) is 29.5 Å². The van der Waals surface area contributed by atoms with E-state index in [2.05, 4.69) is 131 Å². The van der Waals surface area contributed by atoms with Crippen LogP contribution in [0.4, 0.5) is 0 Å². The van der Waals surface area contributed by atoms with Crippen molar-refractivity contribution in [3.05, 3.63) is 12.2 Å². The van der Waals surface area contributed by atoms with Gasteiger partial charge in [-0.15, -0.1) is 0 Å². The minimum Gasteiger partial charge on any atom is -0.381 e. The molecule has 0 saturated heterocycles. The Hall–Kier alpha value is -0.450. The molecule has 0 aliphatic heterocycles. The third kappa shape index (κ3) is 40.7. The molecule has 0 aliphatic rings. The number of ether oxygens (including phenoxy) is 1. The summed E-state index contributed by atoms with van der Waals surface area (Å²) >= 11 is 0. The number of sulfone groups is 3. The highest BCUT2D eigenvalue weighted by Crippen LogP contribution is 2.29. The van der Waals surface area contributed by atoms with E-state index in [1.807, 2.05) is 26.8 Å². The van der Waals surface area contributed by atoms with Crippen molar-refractivity contribution in [2.45, 2.75) is 190 Å². The zero-order valence-electron chi connectivity index (χ0n) is 41.6. The topological polar surface area (TPSA) is 112 Å². The monoisotopic (exact) mass is 871 g/mol. The average molecular weight is 871 g/mol. The molecular weight excluding hydrogens is 773 g/mol. The van der Waals surface area contributed by atoms with Gasteiger partial charge in [0, 0.05) is 6.61 Å². The first-order valence-electron chi connectivity index (χ1n) is 21.8. The molecule has 0 aromatic carbocycles. The van der Waals surface area contributed by atoms with Gasteiger partial charge in [0.25, 0.3) is 0 Å². The van der Waals surface area contributed by atoms with Crippen LogP contribution in [0.5, 0.6) is 0 Å². The number of hydrogen-bond donors (Lipinski definition) is 0. The normalized spacial score (nSPS) is 15.7. The van der Waals surface area contributed by atoms with E-state index in [0.717, 1.165) is 25.7 Å². The van der Waals surface area contributed by atoms with Crippen LogP contribution in [0.1, 0.15) is 190 Å². The van der Waals surface area contributed by atoms with Gasteiger partial charge in [0.2, 0.25) is 0 Å². The van der Waals surface area contributed by atoms with Crippen LogP contribution in [0, 0.1) is 50.2 Å². The molecule has 0 saturated carbocycles. The summed E-state index contributed by atoms with van der Waals surface area (Å²) in [5.41, 5.74) is 0.930. The van der Waals surface area contributed by atoms with Gasteiger partial charge in [-0.2, -0.15) is 0 Å². The first-order valence-corrected chi connectivity index (χ1v) is 27.3. The Balaban J connectivity index is -0.000000767. The Kier molecular flexibility index (Phi) is 27.2.